The molecular weight excluding hydrogens is 234 g/mol. The Kier molecular flexibility index (Phi) is 5.30. The van der Waals surface area contributed by atoms with Gasteiger partial charge in [-0.25, -0.2) is 0 Å². The summed E-state index contributed by atoms with van der Waals surface area (Å²) >= 11 is 0. The molecule has 1 N–H and O–H groups in total. The minimum absolute atomic E-state index is 0.402. The van der Waals surface area contributed by atoms with E-state index in [1.165, 1.54) is 44.9 Å². The van der Waals surface area contributed by atoms with E-state index in [9.17, 15) is 0 Å². The summed E-state index contributed by atoms with van der Waals surface area (Å²) in [5, 5.41) is 3.67. The Labute approximate surface area is 119 Å². The van der Waals surface area contributed by atoms with Gasteiger partial charge in [0.2, 0.25) is 0 Å². The van der Waals surface area contributed by atoms with Crippen molar-refractivity contribution < 1.29 is 4.74 Å². The van der Waals surface area contributed by atoms with Crippen molar-refractivity contribution in [2.75, 3.05) is 6.54 Å². The molecule has 112 valence electrons. The van der Waals surface area contributed by atoms with Crippen molar-refractivity contribution in [1.82, 2.24) is 5.32 Å². The van der Waals surface area contributed by atoms with Crippen LogP contribution in [0.3, 0.4) is 0 Å². The Bertz CT molecular complexity index is 266. The van der Waals surface area contributed by atoms with Crippen LogP contribution in [0.4, 0.5) is 0 Å². The van der Waals surface area contributed by atoms with E-state index < -0.39 is 0 Å². The highest BCUT2D eigenvalue weighted by atomic mass is 16.5. The van der Waals surface area contributed by atoms with Gasteiger partial charge in [-0.2, -0.15) is 0 Å². The molecule has 0 aromatic carbocycles. The number of hydrogen-bond donors (Lipinski definition) is 1. The van der Waals surface area contributed by atoms with E-state index in [1.54, 1.807) is 0 Å². The van der Waals surface area contributed by atoms with Crippen LogP contribution in [-0.4, -0.2) is 24.8 Å². The molecule has 0 amide bonds. The Balaban J connectivity index is 1.90. The number of hydrogen-bond acceptors (Lipinski definition) is 2. The van der Waals surface area contributed by atoms with E-state index in [1.807, 2.05) is 0 Å². The second kappa shape index (κ2) is 6.58. The summed E-state index contributed by atoms with van der Waals surface area (Å²) in [6.07, 6.45) is 10.1. The number of ether oxygens (including phenoxy) is 1. The number of rotatable bonds is 6. The van der Waals surface area contributed by atoms with Crippen LogP contribution < -0.4 is 5.32 Å². The third-order valence-corrected chi connectivity index (χ3v) is 5.87. The fourth-order valence-corrected chi connectivity index (χ4v) is 4.27. The first-order valence-corrected chi connectivity index (χ1v) is 8.55. The molecule has 0 aromatic rings. The summed E-state index contributed by atoms with van der Waals surface area (Å²) in [5.74, 6) is 0.915. The zero-order valence-corrected chi connectivity index (χ0v) is 13.4. The lowest BCUT2D eigenvalue weighted by atomic mass is 9.58. The van der Waals surface area contributed by atoms with Crippen LogP contribution in [0.5, 0.6) is 0 Å². The van der Waals surface area contributed by atoms with Crippen molar-refractivity contribution in [2.24, 2.45) is 11.3 Å². The van der Waals surface area contributed by atoms with Crippen molar-refractivity contribution in [3.63, 3.8) is 0 Å². The van der Waals surface area contributed by atoms with Crippen molar-refractivity contribution in [2.45, 2.75) is 90.9 Å². The van der Waals surface area contributed by atoms with Crippen LogP contribution in [0, 0.1) is 11.3 Å². The lowest BCUT2D eigenvalue weighted by Gasteiger charge is -2.56. The van der Waals surface area contributed by atoms with Crippen LogP contribution in [0.2, 0.25) is 0 Å². The van der Waals surface area contributed by atoms with E-state index in [2.05, 4.69) is 33.0 Å². The van der Waals surface area contributed by atoms with Gasteiger partial charge < -0.3 is 10.1 Å². The second-order valence-corrected chi connectivity index (χ2v) is 6.79. The lowest BCUT2D eigenvalue weighted by molar-refractivity contribution is -0.173. The summed E-state index contributed by atoms with van der Waals surface area (Å²) < 4.78 is 6.51. The maximum Gasteiger partial charge on any atom is 0.0664 e. The van der Waals surface area contributed by atoms with E-state index in [0.29, 0.717) is 23.7 Å². The second-order valence-electron chi connectivity index (χ2n) is 6.79. The van der Waals surface area contributed by atoms with Crippen molar-refractivity contribution in [3.05, 3.63) is 0 Å². The Morgan fingerprint density at radius 1 is 1.05 bits per heavy atom. The Hall–Kier alpha value is -0.0800. The van der Waals surface area contributed by atoms with Gasteiger partial charge in [0.15, 0.2) is 0 Å². The van der Waals surface area contributed by atoms with Crippen LogP contribution in [0.1, 0.15) is 72.6 Å². The molecule has 2 nitrogen and oxygen atoms in total. The molecule has 2 aliphatic carbocycles. The predicted octanol–water partition coefficient (Wildman–Crippen LogP) is 4.14. The quantitative estimate of drug-likeness (QED) is 0.781. The van der Waals surface area contributed by atoms with E-state index in [4.69, 9.17) is 4.74 Å². The molecule has 0 radical (unpaired) electrons. The van der Waals surface area contributed by atoms with Crippen LogP contribution in [-0.2, 0) is 4.74 Å². The Morgan fingerprint density at radius 2 is 1.68 bits per heavy atom. The molecule has 2 saturated carbocycles. The van der Waals surface area contributed by atoms with Gasteiger partial charge in [0.1, 0.15) is 0 Å². The molecule has 2 rings (SSSR count). The minimum atomic E-state index is 0.402. The van der Waals surface area contributed by atoms with Crippen molar-refractivity contribution in [3.8, 4) is 0 Å². The van der Waals surface area contributed by atoms with Gasteiger partial charge in [-0.1, -0.05) is 27.7 Å². The number of nitrogens with one attached hydrogen (secondary N) is 1. The molecule has 2 fully saturated rings. The standard InChI is InChI=1S/C17H33NO/c1-5-17(6-2)15(18-7-3)12-16(17)19-14-10-8-13(4)9-11-14/h13-16,18H,5-12H2,1-4H3. The fraction of sp³-hybridized carbons (Fsp3) is 1.00. The zero-order valence-electron chi connectivity index (χ0n) is 13.4. The van der Waals surface area contributed by atoms with E-state index in [0.717, 1.165) is 12.5 Å². The fourth-order valence-electron chi connectivity index (χ4n) is 4.27. The smallest absolute Gasteiger partial charge is 0.0664 e. The van der Waals surface area contributed by atoms with E-state index >= 15 is 0 Å². The van der Waals surface area contributed by atoms with Crippen LogP contribution in [0.15, 0.2) is 0 Å². The summed E-state index contributed by atoms with van der Waals surface area (Å²) in [4.78, 5) is 0. The van der Waals surface area contributed by atoms with Gasteiger partial charge in [0.25, 0.3) is 0 Å². The first-order valence-electron chi connectivity index (χ1n) is 8.55. The predicted molar refractivity (Wildman–Crippen MR) is 81.4 cm³/mol. The molecule has 0 heterocycles. The van der Waals surface area contributed by atoms with Gasteiger partial charge in [-0.15, -0.1) is 0 Å². The lowest BCUT2D eigenvalue weighted by Crippen LogP contribution is -2.64. The zero-order chi connectivity index (χ0) is 13.9. The SMILES string of the molecule is CCNC1CC(OC2CCC(C)CC2)C1(CC)CC. The molecule has 2 unspecified atom stereocenters. The normalized spacial score (nSPS) is 37.9. The van der Waals surface area contributed by atoms with Crippen molar-refractivity contribution in [1.29, 1.82) is 0 Å². The first kappa shape index (κ1) is 15.3. The highest BCUT2D eigenvalue weighted by Gasteiger charge is 2.53. The highest BCUT2D eigenvalue weighted by Crippen LogP contribution is 2.50. The van der Waals surface area contributed by atoms with Gasteiger partial charge in [0, 0.05) is 11.5 Å². The Morgan fingerprint density at radius 3 is 2.21 bits per heavy atom. The van der Waals surface area contributed by atoms with Gasteiger partial charge in [0.05, 0.1) is 12.2 Å². The van der Waals surface area contributed by atoms with Crippen molar-refractivity contribution >= 4 is 0 Å². The minimum Gasteiger partial charge on any atom is -0.374 e. The molecule has 2 aliphatic rings. The molecule has 0 aromatic heterocycles. The molecule has 0 bridgehead atoms. The molecule has 2 atom stereocenters. The van der Waals surface area contributed by atoms with Crippen LogP contribution in [0.25, 0.3) is 0 Å². The average molecular weight is 267 g/mol. The molecular formula is C17H33NO. The molecule has 19 heavy (non-hydrogen) atoms. The van der Waals surface area contributed by atoms with Gasteiger partial charge in [-0.05, 0) is 57.4 Å². The third kappa shape index (κ3) is 3.00. The average Bonchev–Trinajstić information content (AvgIpc) is 2.41. The van der Waals surface area contributed by atoms with Gasteiger partial charge >= 0.3 is 0 Å². The third-order valence-electron chi connectivity index (χ3n) is 5.87. The topological polar surface area (TPSA) is 21.3 Å². The molecule has 0 aliphatic heterocycles. The molecule has 2 heteroatoms. The monoisotopic (exact) mass is 267 g/mol. The summed E-state index contributed by atoms with van der Waals surface area (Å²) in [7, 11) is 0. The van der Waals surface area contributed by atoms with Crippen LogP contribution >= 0.6 is 0 Å². The maximum absolute atomic E-state index is 6.51. The molecule has 0 spiro atoms. The van der Waals surface area contributed by atoms with E-state index in [-0.39, 0.29) is 0 Å². The highest BCUT2D eigenvalue weighted by molar-refractivity contribution is 5.07. The van der Waals surface area contributed by atoms with Gasteiger partial charge in [-0.3, -0.25) is 0 Å². The summed E-state index contributed by atoms with van der Waals surface area (Å²) in [6.45, 7) is 10.4. The summed E-state index contributed by atoms with van der Waals surface area (Å²) in [5.41, 5.74) is 0.402. The first-order chi connectivity index (χ1) is 9.16. The maximum atomic E-state index is 6.51. The summed E-state index contributed by atoms with van der Waals surface area (Å²) in [6, 6.07) is 0.681. The molecule has 0 saturated heterocycles. The largest absolute Gasteiger partial charge is 0.374 e.